The molecule has 0 unspecified atom stereocenters. The Labute approximate surface area is 135 Å². The number of benzene rings is 1. The molecule has 1 amide bonds. The summed E-state index contributed by atoms with van der Waals surface area (Å²) in [5.41, 5.74) is 1.42. The van der Waals surface area contributed by atoms with Crippen molar-refractivity contribution in [3.63, 3.8) is 0 Å². The SMILES string of the molecule is CC(C)[C@@H](C#N)NC(=O)c1cccc(OCc2cccnc2)c1. The second kappa shape index (κ2) is 7.95. The van der Waals surface area contributed by atoms with Crippen LogP contribution in [-0.2, 0) is 6.61 Å². The van der Waals surface area contributed by atoms with Gasteiger partial charge in [0, 0.05) is 23.5 Å². The summed E-state index contributed by atoms with van der Waals surface area (Å²) < 4.78 is 5.68. The Morgan fingerprint density at radius 1 is 1.35 bits per heavy atom. The van der Waals surface area contributed by atoms with Crippen LogP contribution in [0.15, 0.2) is 48.8 Å². The molecule has 2 rings (SSSR count). The molecule has 0 aliphatic carbocycles. The Morgan fingerprint density at radius 2 is 2.17 bits per heavy atom. The molecule has 1 aromatic carbocycles. The molecule has 0 radical (unpaired) electrons. The third-order valence-electron chi connectivity index (χ3n) is 3.32. The van der Waals surface area contributed by atoms with E-state index in [0.29, 0.717) is 17.9 Å². The Bertz CT molecular complexity index is 693. The minimum Gasteiger partial charge on any atom is -0.489 e. The number of nitriles is 1. The zero-order valence-corrected chi connectivity index (χ0v) is 13.2. The van der Waals surface area contributed by atoms with Crippen molar-refractivity contribution in [2.24, 2.45) is 5.92 Å². The summed E-state index contributed by atoms with van der Waals surface area (Å²) in [4.78, 5) is 16.2. The van der Waals surface area contributed by atoms with Crippen LogP contribution in [0.1, 0.15) is 29.8 Å². The molecule has 5 nitrogen and oxygen atoms in total. The minimum atomic E-state index is -0.512. The number of hydrogen-bond acceptors (Lipinski definition) is 4. The van der Waals surface area contributed by atoms with Crippen molar-refractivity contribution >= 4 is 5.91 Å². The fourth-order valence-corrected chi connectivity index (χ4v) is 1.95. The summed E-state index contributed by atoms with van der Waals surface area (Å²) in [6.07, 6.45) is 3.44. The van der Waals surface area contributed by atoms with Gasteiger partial charge in [0.2, 0.25) is 0 Å². The first kappa shape index (κ1) is 16.5. The van der Waals surface area contributed by atoms with Gasteiger partial charge >= 0.3 is 0 Å². The average molecular weight is 309 g/mol. The van der Waals surface area contributed by atoms with E-state index in [1.54, 1.807) is 36.7 Å². The normalized spacial score (nSPS) is 11.6. The van der Waals surface area contributed by atoms with E-state index in [1.165, 1.54) is 0 Å². The standard InChI is InChI=1S/C18H19N3O2/c1-13(2)17(10-19)21-18(22)15-6-3-7-16(9-15)23-12-14-5-4-8-20-11-14/h3-9,11,13,17H,12H2,1-2H3,(H,21,22)/t17-/m1/s1. The van der Waals surface area contributed by atoms with E-state index < -0.39 is 6.04 Å². The molecular formula is C18H19N3O2. The monoisotopic (exact) mass is 309 g/mol. The Hall–Kier alpha value is -2.87. The molecule has 2 aromatic rings. The summed E-state index contributed by atoms with van der Waals surface area (Å²) in [5, 5.41) is 11.8. The van der Waals surface area contributed by atoms with E-state index in [2.05, 4.69) is 16.4 Å². The third kappa shape index (κ3) is 4.82. The van der Waals surface area contributed by atoms with Gasteiger partial charge in [0.25, 0.3) is 5.91 Å². The van der Waals surface area contributed by atoms with Crippen LogP contribution in [0.25, 0.3) is 0 Å². The summed E-state index contributed by atoms with van der Waals surface area (Å²) in [5.74, 6) is 0.366. The van der Waals surface area contributed by atoms with E-state index in [4.69, 9.17) is 10.00 Å². The quantitative estimate of drug-likeness (QED) is 0.890. The lowest BCUT2D eigenvalue weighted by molar-refractivity contribution is 0.0937. The number of rotatable bonds is 6. The summed E-state index contributed by atoms with van der Waals surface area (Å²) in [6, 6.07) is 12.3. The molecule has 0 bridgehead atoms. The predicted molar refractivity (Wildman–Crippen MR) is 86.7 cm³/mol. The number of pyridine rings is 1. The summed E-state index contributed by atoms with van der Waals surface area (Å²) in [7, 11) is 0. The lowest BCUT2D eigenvalue weighted by Gasteiger charge is -2.15. The zero-order valence-electron chi connectivity index (χ0n) is 13.2. The van der Waals surface area contributed by atoms with Gasteiger partial charge in [-0.05, 0) is 30.2 Å². The van der Waals surface area contributed by atoms with Crippen LogP contribution in [-0.4, -0.2) is 16.9 Å². The molecule has 0 saturated heterocycles. The van der Waals surface area contributed by atoms with Gasteiger partial charge in [0.05, 0.1) is 6.07 Å². The average Bonchev–Trinajstić information content (AvgIpc) is 2.58. The van der Waals surface area contributed by atoms with E-state index >= 15 is 0 Å². The largest absolute Gasteiger partial charge is 0.489 e. The Balaban J connectivity index is 2.02. The number of ether oxygens (including phenoxy) is 1. The van der Waals surface area contributed by atoms with Crippen molar-refractivity contribution in [3.8, 4) is 11.8 Å². The molecule has 0 saturated carbocycles. The molecule has 0 fully saturated rings. The van der Waals surface area contributed by atoms with Crippen LogP contribution < -0.4 is 10.1 Å². The highest BCUT2D eigenvalue weighted by Crippen LogP contribution is 2.15. The van der Waals surface area contributed by atoms with Crippen LogP contribution in [0.2, 0.25) is 0 Å². The molecule has 1 N–H and O–H groups in total. The molecule has 1 atom stereocenters. The van der Waals surface area contributed by atoms with Crippen LogP contribution in [0.4, 0.5) is 0 Å². The first-order valence-corrected chi connectivity index (χ1v) is 7.42. The molecule has 1 heterocycles. The number of carbonyl (C=O) groups is 1. The molecule has 1 aromatic heterocycles. The first-order valence-electron chi connectivity index (χ1n) is 7.42. The topological polar surface area (TPSA) is 75.0 Å². The maximum absolute atomic E-state index is 12.2. The van der Waals surface area contributed by atoms with Gasteiger partial charge < -0.3 is 10.1 Å². The predicted octanol–water partition coefficient (Wildman–Crippen LogP) is 2.94. The van der Waals surface area contributed by atoms with Crippen LogP contribution in [0, 0.1) is 17.2 Å². The number of carbonyl (C=O) groups excluding carboxylic acids is 1. The van der Waals surface area contributed by atoms with Gasteiger partial charge in [0.1, 0.15) is 18.4 Å². The van der Waals surface area contributed by atoms with E-state index in [9.17, 15) is 4.79 Å². The molecule has 118 valence electrons. The van der Waals surface area contributed by atoms with Crippen molar-refractivity contribution in [2.45, 2.75) is 26.5 Å². The smallest absolute Gasteiger partial charge is 0.252 e. The van der Waals surface area contributed by atoms with E-state index in [-0.39, 0.29) is 11.8 Å². The van der Waals surface area contributed by atoms with E-state index in [0.717, 1.165) is 5.56 Å². The van der Waals surface area contributed by atoms with Gasteiger partial charge in [-0.1, -0.05) is 26.0 Å². The van der Waals surface area contributed by atoms with Gasteiger partial charge in [-0.25, -0.2) is 0 Å². The summed E-state index contributed by atoms with van der Waals surface area (Å²) >= 11 is 0. The van der Waals surface area contributed by atoms with Crippen LogP contribution in [0.5, 0.6) is 5.75 Å². The second-order valence-electron chi connectivity index (χ2n) is 5.50. The molecule has 0 spiro atoms. The van der Waals surface area contributed by atoms with Crippen molar-refractivity contribution in [1.82, 2.24) is 10.3 Å². The van der Waals surface area contributed by atoms with Crippen molar-refractivity contribution in [3.05, 3.63) is 59.9 Å². The number of nitrogens with zero attached hydrogens (tertiary/aromatic N) is 2. The molecule has 5 heteroatoms. The third-order valence-corrected chi connectivity index (χ3v) is 3.32. The maximum Gasteiger partial charge on any atom is 0.252 e. The van der Waals surface area contributed by atoms with Crippen LogP contribution >= 0.6 is 0 Å². The van der Waals surface area contributed by atoms with Gasteiger partial charge in [0.15, 0.2) is 0 Å². The fourth-order valence-electron chi connectivity index (χ4n) is 1.95. The molecule has 0 aliphatic heterocycles. The second-order valence-corrected chi connectivity index (χ2v) is 5.50. The lowest BCUT2D eigenvalue weighted by Crippen LogP contribution is -2.37. The number of amides is 1. The molecular weight excluding hydrogens is 290 g/mol. The number of nitrogens with one attached hydrogen (secondary N) is 1. The maximum atomic E-state index is 12.2. The molecule has 0 aliphatic rings. The van der Waals surface area contributed by atoms with Crippen LogP contribution in [0.3, 0.4) is 0 Å². The number of hydrogen-bond donors (Lipinski definition) is 1. The highest BCUT2D eigenvalue weighted by molar-refractivity contribution is 5.94. The van der Waals surface area contributed by atoms with Crippen molar-refractivity contribution in [1.29, 1.82) is 5.26 Å². The Morgan fingerprint density at radius 3 is 2.83 bits per heavy atom. The van der Waals surface area contributed by atoms with Gasteiger partial charge in [-0.2, -0.15) is 5.26 Å². The zero-order chi connectivity index (χ0) is 16.7. The first-order chi connectivity index (χ1) is 11.1. The van der Waals surface area contributed by atoms with Crippen molar-refractivity contribution in [2.75, 3.05) is 0 Å². The molecule has 23 heavy (non-hydrogen) atoms. The summed E-state index contributed by atoms with van der Waals surface area (Å²) in [6.45, 7) is 4.16. The lowest BCUT2D eigenvalue weighted by atomic mass is 10.1. The van der Waals surface area contributed by atoms with Gasteiger partial charge in [-0.15, -0.1) is 0 Å². The minimum absolute atomic E-state index is 0.0500. The van der Waals surface area contributed by atoms with E-state index in [1.807, 2.05) is 26.0 Å². The Kier molecular flexibility index (Phi) is 5.70. The van der Waals surface area contributed by atoms with Crippen molar-refractivity contribution < 1.29 is 9.53 Å². The number of aromatic nitrogens is 1. The van der Waals surface area contributed by atoms with Gasteiger partial charge in [-0.3, -0.25) is 9.78 Å². The fraction of sp³-hybridized carbons (Fsp3) is 0.278. The highest BCUT2D eigenvalue weighted by atomic mass is 16.5. The highest BCUT2D eigenvalue weighted by Gasteiger charge is 2.16.